The fourth-order valence-electron chi connectivity index (χ4n) is 12.0. The van der Waals surface area contributed by atoms with Crippen LogP contribution >= 0.6 is 0 Å². The third kappa shape index (κ3) is 12.5. The Bertz CT molecular complexity index is 3140. The maximum atomic E-state index is 13.9. The average molecular weight is 1110 g/mol. The number of ether oxygens (including phenoxy) is 5. The fraction of sp³-hybridized carbons (Fsp3) is 0.508. The number of benzene rings is 4. The summed E-state index contributed by atoms with van der Waals surface area (Å²) in [4.78, 5) is 80.2. The first kappa shape index (κ1) is 58.0. The molecule has 18 nitrogen and oxygen atoms in total. The highest BCUT2D eigenvalue weighted by Crippen LogP contribution is 2.45. The number of alkyl carbamates (subject to hydrolysis) is 1. The minimum absolute atomic E-state index is 0.0371. The predicted octanol–water partition coefficient (Wildman–Crippen LogP) is 10.9. The fourth-order valence-corrected chi connectivity index (χ4v) is 12.0. The average Bonchev–Trinajstić information content (AvgIpc) is 3.43. The highest BCUT2D eigenvalue weighted by Gasteiger charge is 2.45. The number of guanidine groups is 2. The van der Waals surface area contributed by atoms with E-state index in [-0.39, 0.29) is 60.1 Å². The largest absolute Gasteiger partial charge is 0.493 e. The van der Waals surface area contributed by atoms with Crippen molar-refractivity contribution < 1.29 is 47.7 Å². The second-order valence-corrected chi connectivity index (χ2v) is 24.3. The van der Waals surface area contributed by atoms with Crippen molar-refractivity contribution in [1.29, 1.82) is 0 Å². The molecule has 0 aliphatic carbocycles. The number of aliphatic imine (C=N–C) groups is 2. The minimum atomic E-state index is -0.728. The molecular weight excluding hydrogens is 1030 g/mol. The number of rotatable bonds is 10. The van der Waals surface area contributed by atoms with Gasteiger partial charge in [0.05, 0.1) is 61.3 Å². The summed E-state index contributed by atoms with van der Waals surface area (Å²) in [5.74, 6) is 2.59. The Hall–Kier alpha value is -7.63. The standard InChI is InChI=1S/C34H44N4O6.C29H36N4O4/c1-8-34(9-2)20-28(39)38(30(37-34)36-31(41)44-32(3,4)5)25-16-17-42-26-15-14-21(18-23(25)26)29(40)35-24-19-33(6,7)43-27-13-11-10-12-22(24)27;1-5-29(6-2)17-25(34)33(27(30)32-29)22-13-14-36-23-12-11-18(15-20(22)23)26(35)31-21-16-28(3,4)37-24-10-8-7-9-19(21)24/h10-15,18,24-25H,8-9,16-17,19-20H2,1-7H3,(H,35,40)(H,36,37,41);7-12,15,21-22H,5-6,13-14,16-17H2,1-4H3,(H2,30,32)(H,31,35)/t24-,25+;21-,22+/m00/s1. The number of fused-ring (bicyclic) bond motifs is 4. The number of amides is 5. The number of hydrogen-bond acceptors (Lipinski definition) is 13. The predicted molar refractivity (Wildman–Crippen MR) is 309 cm³/mol. The van der Waals surface area contributed by atoms with Crippen LogP contribution in [0.1, 0.15) is 208 Å². The van der Waals surface area contributed by atoms with Crippen molar-refractivity contribution in [2.75, 3.05) is 13.2 Å². The molecule has 0 saturated heterocycles. The summed E-state index contributed by atoms with van der Waals surface area (Å²) in [6, 6.07) is 25.0. The van der Waals surface area contributed by atoms with Gasteiger partial charge in [-0.3, -0.25) is 34.3 Å². The third-order valence-corrected chi connectivity index (χ3v) is 16.5. The molecule has 0 aromatic heterocycles. The van der Waals surface area contributed by atoms with E-state index in [1.165, 1.54) is 0 Å². The number of nitrogens with one attached hydrogen (secondary N) is 3. The Labute approximate surface area is 475 Å². The molecule has 0 radical (unpaired) electrons. The van der Waals surface area contributed by atoms with Gasteiger partial charge in [-0.15, -0.1) is 0 Å². The molecule has 6 aliphatic heterocycles. The Kier molecular flexibility index (Phi) is 16.3. The molecule has 5 N–H and O–H groups in total. The molecule has 5 amide bonds. The Morgan fingerprint density at radius 3 is 1.49 bits per heavy atom. The van der Waals surface area contributed by atoms with E-state index in [0.29, 0.717) is 86.3 Å². The second-order valence-electron chi connectivity index (χ2n) is 24.3. The zero-order chi connectivity index (χ0) is 58.2. The van der Waals surface area contributed by atoms with Gasteiger partial charge in [-0.1, -0.05) is 64.1 Å². The summed E-state index contributed by atoms with van der Waals surface area (Å²) in [7, 11) is 0. The molecule has 0 spiro atoms. The Balaban J connectivity index is 0.000000198. The lowest BCUT2D eigenvalue weighted by molar-refractivity contribution is -0.133. The Morgan fingerprint density at radius 1 is 0.617 bits per heavy atom. The maximum absolute atomic E-state index is 13.9. The zero-order valence-electron chi connectivity index (χ0n) is 48.8. The molecule has 81 heavy (non-hydrogen) atoms. The van der Waals surface area contributed by atoms with Gasteiger partial charge in [0.15, 0.2) is 5.96 Å². The lowest BCUT2D eigenvalue weighted by Gasteiger charge is -2.42. The lowest BCUT2D eigenvalue weighted by atomic mass is 9.86. The van der Waals surface area contributed by atoms with Crippen molar-refractivity contribution >= 4 is 41.6 Å². The minimum Gasteiger partial charge on any atom is -0.493 e. The molecule has 4 aromatic carbocycles. The zero-order valence-corrected chi connectivity index (χ0v) is 48.8. The molecule has 0 bridgehead atoms. The molecule has 432 valence electrons. The van der Waals surface area contributed by atoms with Crippen LogP contribution in [0.5, 0.6) is 23.0 Å². The van der Waals surface area contributed by atoms with Gasteiger partial charge in [0.25, 0.3) is 11.8 Å². The number of hydrogen-bond donors (Lipinski definition) is 4. The van der Waals surface area contributed by atoms with Gasteiger partial charge in [-0.05, 0) is 123 Å². The number of carbonyl (C=O) groups excluding carboxylic acids is 5. The van der Waals surface area contributed by atoms with Gasteiger partial charge in [0.1, 0.15) is 39.8 Å². The SMILES string of the molecule is CCC1(CC)CC(=O)N([C@@H]2CCOc3ccc(C(=O)N[C@H]4CC(C)(C)Oc5ccccc54)cc32)C(N)=N1.CCC1(CC)CC(=O)N([C@@H]2CCOc3ccc(C(=O)N[C@H]4CC(C)(C)Oc5ccccc54)cc32)C(NC(=O)OC(C)(C)C)=N1. The monoisotopic (exact) mass is 1110 g/mol. The van der Waals surface area contributed by atoms with Crippen LogP contribution < -0.4 is 40.6 Å². The van der Waals surface area contributed by atoms with Gasteiger partial charge >= 0.3 is 6.09 Å². The van der Waals surface area contributed by atoms with E-state index in [0.717, 1.165) is 41.0 Å². The van der Waals surface area contributed by atoms with Crippen LogP contribution in [0.2, 0.25) is 0 Å². The molecule has 0 unspecified atom stereocenters. The van der Waals surface area contributed by atoms with Crippen molar-refractivity contribution in [3.05, 3.63) is 118 Å². The summed E-state index contributed by atoms with van der Waals surface area (Å²) in [5, 5.41) is 9.18. The Morgan fingerprint density at radius 2 is 1.05 bits per heavy atom. The third-order valence-electron chi connectivity index (χ3n) is 16.5. The molecule has 4 atom stereocenters. The van der Waals surface area contributed by atoms with E-state index in [9.17, 15) is 24.0 Å². The summed E-state index contributed by atoms with van der Waals surface area (Å²) < 4.78 is 29.6. The van der Waals surface area contributed by atoms with Gasteiger partial charge in [0.2, 0.25) is 17.8 Å². The van der Waals surface area contributed by atoms with E-state index < -0.39 is 40.0 Å². The molecule has 0 saturated carbocycles. The summed E-state index contributed by atoms with van der Waals surface area (Å²) >= 11 is 0. The van der Waals surface area contributed by atoms with Crippen LogP contribution in [0, 0.1) is 0 Å². The van der Waals surface area contributed by atoms with Crippen LogP contribution in [-0.4, -0.2) is 92.5 Å². The summed E-state index contributed by atoms with van der Waals surface area (Å²) in [6.07, 6.45) is 4.95. The van der Waals surface area contributed by atoms with Crippen LogP contribution in [0.3, 0.4) is 0 Å². The highest BCUT2D eigenvalue weighted by atomic mass is 16.6. The maximum Gasteiger partial charge on any atom is 0.414 e. The number of nitrogens with zero attached hydrogens (tertiary/aromatic N) is 4. The van der Waals surface area contributed by atoms with E-state index in [2.05, 4.69) is 16.0 Å². The van der Waals surface area contributed by atoms with Crippen molar-refractivity contribution in [1.82, 2.24) is 25.8 Å². The van der Waals surface area contributed by atoms with Crippen molar-refractivity contribution in [3.8, 4) is 23.0 Å². The van der Waals surface area contributed by atoms with Gasteiger partial charge < -0.3 is 40.1 Å². The van der Waals surface area contributed by atoms with E-state index in [1.54, 1.807) is 54.8 Å². The number of para-hydroxylation sites is 2. The molecule has 0 fully saturated rings. The molecule has 6 heterocycles. The normalized spacial score (nSPS) is 22.7. The molecule has 4 aromatic rings. The van der Waals surface area contributed by atoms with E-state index in [1.807, 2.05) is 116 Å². The topological polar surface area (TPSA) is 225 Å². The van der Waals surface area contributed by atoms with Crippen LogP contribution in [-0.2, 0) is 14.3 Å². The van der Waals surface area contributed by atoms with Crippen LogP contribution in [0.25, 0.3) is 0 Å². The second kappa shape index (κ2) is 22.7. The first-order chi connectivity index (χ1) is 38.4. The van der Waals surface area contributed by atoms with Gasteiger partial charge in [-0.2, -0.15) is 0 Å². The quantitative estimate of drug-likeness (QED) is 0.117. The van der Waals surface area contributed by atoms with E-state index >= 15 is 0 Å². The van der Waals surface area contributed by atoms with Crippen LogP contribution in [0.15, 0.2) is 94.9 Å². The highest BCUT2D eigenvalue weighted by molar-refractivity contribution is 6.06. The molecule has 6 aliphatic rings. The number of carbonyl (C=O) groups is 5. The molecular formula is C63H80N8O10. The van der Waals surface area contributed by atoms with Crippen molar-refractivity contribution in [2.24, 2.45) is 15.7 Å². The van der Waals surface area contributed by atoms with E-state index in [4.69, 9.17) is 39.4 Å². The molecule has 18 heteroatoms. The van der Waals surface area contributed by atoms with Crippen LogP contribution in [0.4, 0.5) is 4.79 Å². The summed E-state index contributed by atoms with van der Waals surface area (Å²) in [5.41, 5.74) is 8.07. The first-order valence-corrected chi connectivity index (χ1v) is 28.7. The van der Waals surface area contributed by atoms with Crippen molar-refractivity contribution in [3.63, 3.8) is 0 Å². The first-order valence-electron chi connectivity index (χ1n) is 28.7. The number of nitrogens with two attached hydrogens (primary N) is 1. The van der Waals surface area contributed by atoms with Gasteiger partial charge in [-0.25, -0.2) is 14.8 Å². The summed E-state index contributed by atoms with van der Waals surface area (Å²) in [6.45, 7) is 22.3. The smallest absolute Gasteiger partial charge is 0.414 e. The van der Waals surface area contributed by atoms with Gasteiger partial charge in [0, 0.05) is 59.1 Å². The van der Waals surface area contributed by atoms with Crippen molar-refractivity contribution in [2.45, 2.75) is 192 Å². The molecule has 10 rings (SSSR count). The lowest BCUT2D eigenvalue weighted by Crippen LogP contribution is -2.56.